The summed E-state index contributed by atoms with van der Waals surface area (Å²) in [7, 11) is 0. The first-order valence-corrected chi connectivity index (χ1v) is 2.91. The number of hydrogen-bond acceptors (Lipinski definition) is 2. The van der Waals surface area contributed by atoms with Gasteiger partial charge in [-0.05, 0) is 24.6 Å². The second kappa shape index (κ2) is 2.23. The molecule has 0 saturated carbocycles. The van der Waals surface area contributed by atoms with E-state index in [4.69, 9.17) is 11.6 Å². The first-order valence-electron chi connectivity index (χ1n) is 2.53. The van der Waals surface area contributed by atoms with Crippen LogP contribution >= 0.6 is 11.6 Å². The summed E-state index contributed by atoms with van der Waals surface area (Å²) in [5.74, 6) is 0. The van der Waals surface area contributed by atoms with Crippen LogP contribution in [-0.2, 0) is 4.79 Å². The highest BCUT2D eigenvalue weighted by Crippen LogP contribution is 2.16. The minimum Gasteiger partial charge on any atom is -0.368 e. The van der Waals surface area contributed by atoms with E-state index in [-0.39, 0.29) is 0 Å². The Hall–Kier alpha value is -0.760. The van der Waals surface area contributed by atoms with Crippen molar-refractivity contribution in [1.82, 2.24) is 5.32 Å². The number of carbonyl (C=O) groups is 1. The number of hydrogen-bond donors (Lipinski definition) is 1. The van der Waals surface area contributed by atoms with Gasteiger partial charge in [0.25, 0.3) is 0 Å². The first-order chi connectivity index (χ1) is 4.27. The average molecular weight is 144 g/mol. The van der Waals surface area contributed by atoms with Crippen LogP contribution in [0.25, 0.3) is 0 Å². The standard InChI is InChI=1S/C6H6ClNO/c7-6(5-9)1-3-8-4-2-6/h1-5,8H. The number of allylic oxidation sites excluding steroid dienone is 2. The molecule has 0 aromatic rings. The van der Waals surface area contributed by atoms with Gasteiger partial charge in [-0.15, -0.1) is 11.6 Å². The van der Waals surface area contributed by atoms with E-state index in [9.17, 15) is 4.79 Å². The molecule has 3 heteroatoms. The predicted octanol–water partition coefficient (Wildman–Crippen LogP) is 0.793. The van der Waals surface area contributed by atoms with Gasteiger partial charge in [0.1, 0.15) is 11.2 Å². The molecule has 9 heavy (non-hydrogen) atoms. The molecule has 0 spiro atoms. The minimum absolute atomic E-state index is 0.683. The summed E-state index contributed by atoms with van der Waals surface area (Å²) in [5.41, 5.74) is 0. The van der Waals surface area contributed by atoms with E-state index < -0.39 is 4.87 Å². The van der Waals surface area contributed by atoms with Crippen LogP contribution in [0.1, 0.15) is 0 Å². The molecule has 1 aliphatic rings. The van der Waals surface area contributed by atoms with Crippen molar-refractivity contribution in [2.24, 2.45) is 0 Å². The molecule has 1 rings (SSSR count). The molecular formula is C6H6ClNO. The zero-order valence-electron chi connectivity index (χ0n) is 4.67. The third-order valence-electron chi connectivity index (χ3n) is 1.05. The van der Waals surface area contributed by atoms with Crippen molar-refractivity contribution >= 4 is 17.9 Å². The highest BCUT2D eigenvalue weighted by molar-refractivity contribution is 6.34. The van der Waals surface area contributed by atoms with Crippen molar-refractivity contribution in [3.8, 4) is 0 Å². The Bertz CT molecular complexity index is 162. The minimum atomic E-state index is -0.911. The van der Waals surface area contributed by atoms with Crippen molar-refractivity contribution < 1.29 is 4.79 Å². The van der Waals surface area contributed by atoms with E-state index in [1.54, 1.807) is 24.6 Å². The smallest absolute Gasteiger partial charge is 0.148 e. The molecule has 0 bridgehead atoms. The van der Waals surface area contributed by atoms with Gasteiger partial charge in [0.05, 0.1) is 0 Å². The second-order valence-corrected chi connectivity index (χ2v) is 2.43. The van der Waals surface area contributed by atoms with Crippen LogP contribution in [0.2, 0.25) is 0 Å². The molecular weight excluding hydrogens is 138 g/mol. The molecule has 0 fully saturated rings. The van der Waals surface area contributed by atoms with E-state index in [0.29, 0.717) is 6.29 Å². The van der Waals surface area contributed by atoms with Crippen molar-refractivity contribution in [3.05, 3.63) is 24.6 Å². The molecule has 0 unspecified atom stereocenters. The summed E-state index contributed by atoms with van der Waals surface area (Å²) >= 11 is 5.68. The van der Waals surface area contributed by atoms with Crippen molar-refractivity contribution in [2.75, 3.05) is 0 Å². The van der Waals surface area contributed by atoms with Gasteiger partial charge < -0.3 is 10.1 Å². The number of rotatable bonds is 1. The van der Waals surface area contributed by atoms with Crippen molar-refractivity contribution in [3.63, 3.8) is 0 Å². The number of carbonyl (C=O) groups excluding carboxylic acids is 1. The van der Waals surface area contributed by atoms with E-state index >= 15 is 0 Å². The summed E-state index contributed by atoms with van der Waals surface area (Å²) in [6.45, 7) is 0. The van der Waals surface area contributed by atoms with Gasteiger partial charge in [-0.1, -0.05) is 0 Å². The van der Waals surface area contributed by atoms with Gasteiger partial charge in [0.15, 0.2) is 0 Å². The monoisotopic (exact) mass is 143 g/mol. The number of dihydropyridines is 1. The number of nitrogens with one attached hydrogen (secondary N) is 1. The topological polar surface area (TPSA) is 29.1 Å². The number of alkyl halides is 1. The molecule has 0 aliphatic carbocycles. The molecule has 0 atom stereocenters. The normalized spacial score (nSPS) is 21.0. The summed E-state index contributed by atoms with van der Waals surface area (Å²) in [4.78, 5) is 9.31. The Labute approximate surface area is 58.2 Å². The summed E-state index contributed by atoms with van der Waals surface area (Å²) in [6, 6.07) is 0. The lowest BCUT2D eigenvalue weighted by molar-refractivity contribution is -0.108. The Morgan fingerprint density at radius 2 is 2.00 bits per heavy atom. The van der Waals surface area contributed by atoms with E-state index in [1.807, 2.05) is 0 Å². The fourth-order valence-electron chi connectivity index (χ4n) is 0.541. The van der Waals surface area contributed by atoms with E-state index in [0.717, 1.165) is 0 Å². The van der Waals surface area contributed by atoms with Crippen LogP contribution in [0.3, 0.4) is 0 Å². The van der Waals surface area contributed by atoms with Crippen molar-refractivity contribution in [1.29, 1.82) is 0 Å². The number of halogens is 1. The van der Waals surface area contributed by atoms with Crippen LogP contribution < -0.4 is 5.32 Å². The summed E-state index contributed by atoms with van der Waals surface area (Å²) in [5, 5.41) is 2.77. The maximum absolute atomic E-state index is 10.2. The largest absolute Gasteiger partial charge is 0.368 e. The van der Waals surface area contributed by atoms with Crippen LogP contribution in [-0.4, -0.2) is 11.2 Å². The first kappa shape index (κ1) is 6.36. The fourth-order valence-corrected chi connectivity index (χ4v) is 0.667. The summed E-state index contributed by atoms with van der Waals surface area (Å²) < 4.78 is 0. The highest BCUT2D eigenvalue weighted by atomic mass is 35.5. The average Bonchev–Trinajstić information content (AvgIpc) is 1.90. The third kappa shape index (κ3) is 1.33. The molecule has 1 heterocycles. The van der Waals surface area contributed by atoms with Crippen LogP contribution in [0, 0.1) is 0 Å². The maximum atomic E-state index is 10.2. The zero-order valence-corrected chi connectivity index (χ0v) is 5.43. The molecule has 48 valence electrons. The van der Waals surface area contributed by atoms with Gasteiger partial charge >= 0.3 is 0 Å². The molecule has 1 aliphatic heterocycles. The summed E-state index contributed by atoms with van der Waals surface area (Å²) in [6.07, 6.45) is 7.11. The SMILES string of the molecule is O=CC1(Cl)C=CNC=C1. The van der Waals surface area contributed by atoms with E-state index in [1.165, 1.54) is 0 Å². The zero-order chi connectivity index (χ0) is 6.74. The molecule has 0 aromatic carbocycles. The van der Waals surface area contributed by atoms with Crippen LogP contribution in [0.5, 0.6) is 0 Å². The Kier molecular flexibility index (Phi) is 1.58. The molecule has 0 saturated heterocycles. The molecule has 0 aromatic heterocycles. The van der Waals surface area contributed by atoms with Crippen LogP contribution in [0.15, 0.2) is 24.6 Å². The molecule has 2 nitrogen and oxygen atoms in total. The van der Waals surface area contributed by atoms with Gasteiger partial charge in [0, 0.05) is 0 Å². The fraction of sp³-hybridized carbons (Fsp3) is 0.167. The molecule has 1 N–H and O–H groups in total. The van der Waals surface area contributed by atoms with Crippen molar-refractivity contribution in [2.45, 2.75) is 4.87 Å². The van der Waals surface area contributed by atoms with Gasteiger partial charge in [0.2, 0.25) is 0 Å². The molecule has 0 radical (unpaired) electrons. The number of aldehydes is 1. The lowest BCUT2D eigenvalue weighted by atomic mass is 10.1. The van der Waals surface area contributed by atoms with Gasteiger partial charge in [-0.3, -0.25) is 0 Å². The Morgan fingerprint density at radius 3 is 2.33 bits per heavy atom. The van der Waals surface area contributed by atoms with Gasteiger partial charge in [-0.25, -0.2) is 0 Å². The predicted molar refractivity (Wildman–Crippen MR) is 36.1 cm³/mol. The Morgan fingerprint density at radius 1 is 1.44 bits per heavy atom. The van der Waals surface area contributed by atoms with E-state index in [2.05, 4.69) is 5.32 Å². The lowest BCUT2D eigenvalue weighted by Crippen LogP contribution is -2.21. The third-order valence-corrected chi connectivity index (χ3v) is 1.39. The quantitative estimate of drug-likeness (QED) is 0.435. The highest BCUT2D eigenvalue weighted by Gasteiger charge is 2.19. The van der Waals surface area contributed by atoms with Gasteiger partial charge in [-0.2, -0.15) is 0 Å². The Balaban J connectivity index is 2.78. The lowest BCUT2D eigenvalue weighted by Gasteiger charge is -2.12. The maximum Gasteiger partial charge on any atom is 0.148 e. The molecule has 0 amide bonds. The van der Waals surface area contributed by atoms with Crippen LogP contribution in [0.4, 0.5) is 0 Å². The second-order valence-electron chi connectivity index (χ2n) is 1.78.